The molecular weight excluding hydrogens is 291 g/mol. The number of benzene rings is 1. The van der Waals surface area contributed by atoms with E-state index in [1.807, 2.05) is 0 Å². The lowest BCUT2D eigenvalue weighted by Gasteiger charge is -2.08. The van der Waals surface area contributed by atoms with Gasteiger partial charge in [0.1, 0.15) is 17.1 Å². The van der Waals surface area contributed by atoms with Gasteiger partial charge in [-0.1, -0.05) is 23.2 Å². The molecule has 19 heavy (non-hydrogen) atoms. The average Bonchev–Trinajstić information content (AvgIpc) is 2.70. The van der Waals surface area contributed by atoms with Crippen molar-refractivity contribution in [1.82, 2.24) is 10.2 Å². The Morgan fingerprint density at radius 3 is 2.84 bits per heavy atom. The SMILES string of the molecule is O=C(O)c1[nH]nc2c1CCOc1cc(Cl)c(Cl)cc1-2. The summed E-state index contributed by atoms with van der Waals surface area (Å²) in [6, 6.07) is 3.25. The van der Waals surface area contributed by atoms with E-state index in [1.54, 1.807) is 12.1 Å². The van der Waals surface area contributed by atoms with Crippen LogP contribution in [0.1, 0.15) is 16.1 Å². The summed E-state index contributed by atoms with van der Waals surface area (Å²) in [5, 5.41) is 16.5. The van der Waals surface area contributed by atoms with Gasteiger partial charge in [-0.2, -0.15) is 5.10 Å². The van der Waals surface area contributed by atoms with E-state index in [1.165, 1.54) is 0 Å². The third-order valence-corrected chi connectivity index (χ3v) is 3.69. The lowest BCUT2D eigenvalue weighted by Crippen LogP contribution is -2.05. The number of aromatic amines is 1. The van der Waals surface area contributed by atoms with Gasteiger partial charge < -0.3 is 9.84 Å². The number of aromatic nitrogens is 2. The van der Waals surface area contributed by atoms with Crippen LogP contribution in [0.25, 0.3) is 11.3 Å². The third kappa shape index (κ3) is 1.95. The quantitative estimate of drug-likeness (QED) is 0.848. The van der Waals surface area contributed by atoms with Crippen LogP contribution in [0.4, 0.5) is 0 Å². The number of hydrogen-bond acceptors (Lipinski definition) is 3. The molecule has 5 nitrogen and oxygen atoms in total. The second kappa shape index (κ2) is 4.43. The van der Waals surface area contributed by atoms with Crippen LogP contribution in [-0.4, -0.2) is 27.9 Å². The van der Waals surface area contributed by atoms with Gasteiger partial charge in [0.25, 0.3) is 0 Å². The highest BCUT2D eigenvalue weighted by Gasteiger charge is 2.25. The van der Waals surface area contributed by atoms with Crippen molar-refractivity contribution in [2.24, 2.45) is 0 Å². The van der Waals surface area contributed by atoms with Gasteiger partial charge in [-0.25, -0.2) is 4.79 Å². The highest BCUT2D eigenvalue weighted by molar-refractivity contribution is 6.42. The van der Waals surface area contributed by atoms with E-state index in [0.717, 1.165) is 0 Å². The molecule has 1 aromatic heterocycles. The number of rotatable bonds is 1. The average molecular weight is 299 g/mol. The van der Waals surface area contributed by atoms with Crippen LogP contribution in [0, 0.1) is 0 Å². The van der Waals surface area contributed by atoms with Crippen LogP contribution in [0.2, 0.25) is 10.0 Å². The number of hydrogen-bond donors (Lipinski definition) is 2. The molecule has 0 aliphatic carbocycles. The summed E-state index contributed by atoms with van der Waals surface area (Å²) < 4.78 is 5.57. The standard InChI is InChI=1S/C12H8Cl2N2O3/c13-7-3-6-9(4-8(7)14)19-2-1-5-10(6)15-16-11(5)12(17)18/h3-4H,1-2H2,(H,15,16)(H,17,18). The molecule has 0 atom stereocenters. The van der Waals surface area contributed by atoms with Crippen molar-refractivity contribution in [2.45, 2.75) is 6.42 Å². The van der Waals surface area contributed by atoms with Gasteiger partial charge in [-0.15, -0.1) is 0 Å². The summed E-state index contributed by atoms with van der Waals surface area (Å²) in [4.78, 5) is 11.1. The number of nitrogens with one attached hydrogen (secondary N) is 1. The zero-order valence-corrected chi connectivity index (χ0v) is 11.0. The largest absolute Gasteiger partial charge is 0.492 e. The Balaban J connectivity index is 2.25. The van der Waals surface area contributed by atoms with E-state index in [-0.39, 0.29) is 5.69 Å². The summed E-state index contributed by atoms with van der Waals surface area (Å²) in [6.07, 6.45) is 0.456. The van der Waals surface area contributed by atoms with Gasteiger partial charge in [0.2, 0.25) is 0 Å². The fourth-order valence-electron chi connectivity index (χ4n) is 2.10. The molecule has 1 aliphatic heterocycles. The van der Waals surface area contributed by atoms with Gasteiger partial charge in [0, 0.05) is 23.6 Å². The van der Waals surface area contributed by atoms with Gasteiger partial charge in [0.15, 0.2) is 0 Å². The number of aromatic carboxylic acids is 1. The first-order valence-electron chi connectivity index (χ1n) is 5.50. The Morgan fingerprint density at radius 2 is 2.11 bits per heavy atom. The number of ether oxygens (including phenoxy) is 1. The molecule has 0 bridgehead atoms. The van der Waals surface area contributed by atoms with Gasteiger partial charge in [-0.3, -0.25) is 5.10 Å². The molecule has 0 fully saturated rings. The van der Waals surface area contributed by atoms with Crippen molar-refractivity contribution in [3.05, 3.63) is 33.4 Å². The molecule has 1 aliphatic rings. The molecule has 3 rings (SSSR count). The molecule has 1 aromatic carbocycles. The maximum absolute atomic E-state index is 11.1. The maximum atomic E-state index is 11.1. The molecule has 2 aromatic rings. The van der Waals surface area contributed by atoms with Crippen molar-refractivity contribution in [3.63, 3.8) is 0 Å². The van der Waals surface area contributed by atoms with Gasteiger partial charge >= 0.3 is 5.97 Å². The lowest BCUT2D eigenvalue weighted by atomic mass is 10.0. The fraction of sp³-hybridized carbons (Fsp3) is 0.167. The number of fused-ring (bicyclic) bond motifs is 3. The zero-order valence-electron chi connectivity index (χ0n) is 9.54. The Hall–Kier alpha value is -1.72. The second-order valence-corrected chi connectivity index (χ2v) is 4.91. The minimum atomic E-state index is -1.04. The number of carbonyl (C=O) groups is 1. The molecule has 0 spiro atoms. The van der Waals surface area contributed by atoms with E-state index in [4.69, 9.17) is 33.0 Å². The number of halogens is 2. The van der Waals surface area contributed by atoms with Crippen molar-refractivity contribution in [2.75, 3.05) is 6.61 Å². The van der Waals surface area contributed by atoms with Crippen LogP contribution >= 0.6 is 23.2 Å². The Bertz CT molecular complexity index is 682. The van der Waals surface area contributed by atoms with E-state index >= 15 is 0 Å². The Kier molecular flexibility index (Phi) is 2.88. The molecule has 2 N–H and O–H groups in total. The Labute approximate surface area is 118 Å². The topological polar surface area (TPSA) is 75.2 Å². The predicted octanol–water partition coefficient (Wildman–Crippen LogP) is 3.02. The smallest absolute Gasteiger partial charge is 0.354 e. The van der Waals surface area contributed by atoms with Gasteiger partial charge in [-0.05, 0) is 6.07 Å². The summed E-state index contributed by atoms with van der Waals surface area (Å²) in [6.45, 7) is 0.359. The van der Waals surface area contributed by atoms with E-state index in [0.29, 0.717) is 45.6 Å². The lowest BCUT2D eigenvalue weighted by molar-refractivity contribution is 0.0689. The maximum Gasteiger partial charge on any atom is 0.354 e. The first-order valence-corrected chi connectivity index (χ1v) is 6.26. The molecule has 0 saturated carbocycles. The molecule has 0 radical (unpaired) electrons. The number of H-pyrrole nitrogens is 1. The minimum absolute atomic E-state index is 0.0810. The fourth-order valence-corrected chi connectivity index (χ4v) is 2.42. The summed E-state index contributed by atoms with van der Waals surface area (Å²) >= 11 is 11.9. The van der Waals surface area contributed by atoms with Crippen LogP contribution < -0.4 is 4.74 Å². The van der Waals surface area contributed by atoms with Crippen molar-refractivity contribution in [3.8, 4) is 17.0 Å². The van der Waals surface area contributed by atoms with Crippen LogP contribution in [-0.2, 0) is 6.42 Å². The molecule has 7 heteroatoms. The van der Waals surface area contributed by atoms with E-state index in [9.17, 15) is 4.79 Å². The third-order valence-electron chi connectivity index (χ3n) is 2.97. The van der Waals surface area contributed by atoms with Crippen molar-refractivity contribution >= 4 is 29.2 Å². The monoisotopic (exact) mass is 298 g/mol. The minimum Gasteiger partial charge on any atom is -0.492 e. The molecule has 0 amide bonds. The molecular formula is C12H8Cl2N2O3. The zero-order chi connectivity index (χ0) is 13.6. The Morgan fingerprint density at radius 1 is 1.37 bits per heavy atom. The second-order valence-electron chi connectivity index (χ2n) is 4.09. The molecule has 2 heterocycles. The normalized spacial score (nSPS) is 13.2. The number of nitrogens with zero attached hydrogens (tertiary/aromatic N) is 1. The molecule has 0 saturated heterocycles. The van der Waals surface area contributed by atoms with Crippen LogP contribution in [0.15, 0.2) is 12.1 Å². The predicted molar refractivity (Wildman–Crippen MR) is 70.2 cm³/mol. The summed E-state index contributed by atoms with van der Waals surface area (Å²) in [5.41, 5.74) is 1.89. The van der Waals surface area contributed by atoms with Crippen LogP contribution in [0.3, 0.4) is 0 Å². The highest BCUT2D eigenvalue weighted by atomic mass is 35.5. The number of carboxylic acid groups (broad SMARTS) is 1. The van der Waals surface area contributed by atoms with Crippen LogP contribution in [0.5, 0.6) is 5.75 Å². The van der Waals surface area contributed by atoms with Gasteiger partial charge in [0.05, 0.1) is 16.7 Å². The first kappa shape index (κ1) is 12.3. The van der Waals surface area contributed by atoms with Crippen molar-refractivity contribution < 1.29 is 14.6 Å². The van der Waals surface area contributed by atoms with E-state index < -0.39 is 5.97 Å². The number of carboxylic acids is 1. The summed E-state index contributed by atoms with van der Waals surface area (Å²) in [5.74, 6) is -0.492. The summed E-state index contributed by atoms with van der Waals surface area (Å²) in [7, 11) is 0. The molecule has 0 unspecified atom stereocenters. The highest BCUT2D eigenvalue weighted by Crippen LogP contribution is 2.40. The first-order chi connectivity index (χ1) is 9.08. The van der Waals surface area contributed by atoms with E-state index in [2.05, 4.69) is 10.2 Å². The molecule has 98 valence electrons. The van der Waals surface area contributed by atoms with Crippen molar-refractivity contribution in [1.29, 1.82) is 0 Å².